The number of aliphatic hydroxyl groups excluding tert-OH is 2. The van der Waals surface area contributed by atoms with Crippen molar-refractivity contribution < 1.29 is 14.9 Å². The molecular formula is C16H16O3. The van der Waals surface area contributed by atoms with Gasteiger partial charge in [-0.1, -0.05) is 42.5 Å². The van der Waals surface area contributed by atoms with Crippen molar-refractivity contribution in [1.29, 1.82) is 0 Å². The zero-order valence-corrected chi connectivity index (χ0v) is 10.7. The SMILES string of the molecule is COc1ccc(C(O)/C=C(\O)c2ccccc2)cc1. The Bertz CT molecular complexity index is 544. The molecule has 0 spiro atoms. The third kappa shape index (κ3) is 3.36. The van der Waals surface area contributed by atoms with Crippen LogP contribution in [0.3, 0.4) is 0 Å². The van der Waals surface area contributed by atoms with Gasteiger partial charge in [-0.2, -0.15) is 0 Å². The molecule has 3 heteroatoms. The number of hydrogen-bond acceptors (Lipinski definition) is 3. The normalized spacial score (nSPS) is 13.1. The van der Waals surface area contributed by atoms with E-state index in [1.54, 1.807) is 43.5 Å². The zero-order chi connectivity index (χ0) is 13.7. The van der Waals surface area contributed by atoms with Crippen molar-refractivity contribution in [3.63, 3.8) is 0 Å². The molecule has 0 fully saturated rings. The van der Waals surface area contributed by atoms with Crippen LogP contribution in [0.2, 0.25) is 0 Å². The molecule has 19 heavy (non-hydrogen) atoms. The minimum absolute atomic E-state index is 0.0592. The van der Waals surface area contributed by atoms with Gasteiger partial charge in [0.15, 0.2) is 0 Å². The van der Waals surface area contributed by atoms with Gasteiger partial charge in [0.25, 0.3) is 0 Å². The third-order valence-electron chi connectivity index (χ3n) is 2.84. The molecular weight excluding hydrogens is 240 g/mol. The van der Waals surface area contributed by atoms with Crippen LogP contribution in [-0.2, 0) is 0 Å². The first-order valence-corrected chi connectivity index (χ1v) is 5.99. The van der Waals surface area contributed by atoms with Gasteiger partial charge in [0, 0.05) is 5.56 Å². The zero-order valence-electron chi connectivity index (χ0n) is 10.7. The van der Waals surface area contributed by atoms with E-state index in [0.717, 1.165) is 5.75 Å². The number of aliphatic hydroxyl groups is 2. The van der Waals surface area contributed by atoms with E-state index in [1.807, 2.05) is 18.2 Å². The van der Waals surface area contributed by atoms with Crippen LogP contribution < -0.4 is 4.74 Å². The van der Waals surface area contributed by atoms with Crippen LogP contribution >= 0.6 is 0 Å². The van der Waals surface area contributed by atoms with Crippen LogP contribution in [0.5, 0.6) is 5.75 Å². The van der Waals surface area contributed by atoms with Gasteiger partial charge in [-0.3, -0.25) is 0 Å². The van der Waals surface area contributed by atoms with Crippen LogP contribution in [0, 0.1) is 0 Å². The van der Waals surface area contributed by atoms with Gasteiger partial charge in [-0.05, 0) is 23.8 Å². The number of ether oxygens (including phenoxy) is 1. The molecule has 1 unspecified atom stereocenters. The van der Waals surface area contributed by atoms with E-state index in [-0.39, 0.29) is 5.76 Å². The lowest BCUT2D eigenvalue weighted by molar-refractivity contribution is 0.226. The molecule has 0 aromatic heterocycles. The molecule has 1 atom stereocenters. The summed E-state index contributed by atoms with van der Waals surface area (Å²) < 4.78 is 5.05. The Morgan fingerprint density at radius 3 is 2.26 bits per heavy atom. The van der Waals surface area contributed by atoms with Crippen molar-refractivity contribution in [2.75, 3.05) is 7.11 Å². The predicted octanol–water partition coefficient (Wildman–Crippen LogP) is 3.33. The van der Waals surface area contributed by atoms with Gasteiger partial charge < -0.3 is 14.9 Å². The van der Waals surface area contributed by atoms with E-state index >= 15 is 0 Å². The van der Waals surface area contributed by atoms with Crippen molar-refractivity contribution >= 4 is 5.76 Å². The number of methoxy groups -OCH3 is 1. The van der Waals surface area contributed by atoms with E-state index in [2.05, 4.69) is 0 Å². The molecule has 0 saturated heterocycles. The van der Waals surface area contributed by atoms with E-state index in [0.29, 0.717) is 11.1 Å². The summed E-state index contributed by atoms with van der Waals surface area (Å²) in [6.45, 7) is 0. The Morgan fingerprint density at radius 1 is 1.05 bits per heavy atom. The maximum atomic E-state index is 10.0. The van der Waals surface area contributed by atoms with Crippen molar-refractivity contribution in [1.82, 2.24) is 0 Å². The first-order chi connectivity index (χ1) is 9.20. The summed E-state index contributed by atoms with van der Waals surface area (Å²) in [6.07, 6.45) is 0.558. The summed E-state index contributed by atoms with van der Waals surface area (Å²) in [5.41, 5.74) is 1.37. The van der Waals surface area contributed by atoms with Crippen molar-refractivity contribution in [2.24, 2.45) is 0 Å². The van der Waals surface area contributed by atoms with Gasteiger partial charge >= 0.3 is 0 Å². The maximum Gasteiger partial charge on any atom is 0.121 e. The first-order valence-electron chi connectivity index (χ1n) is 5.99. The van der Waals surface area contributed by atoms with Gasteiger partial charge in [0.1, 0.15) is 17.6 Å². The first kappa shape index (κ1) is 13.2. The molecule has 0 amide bonds. The lowest BCUT2D eigenvalue weighted by Crippen LogP contribution is -1.95. The molecule has 0 saturated carbocycles. The summed E-state index contributed by atoms with van der Waals surface area (Å²) in [7, 11) is 1.59. The maximum absolute atomic E-state index is 10.0. The van der Waals surface area contributed by atoms with E-state index in [4.69, 9.17) is 4.74 Å². The highest BCUT2D eigenvalue weighted by molar-refractivity contribution is 5.59. The number of rotatable bonds is 4. The van der Waals surface area contributed by atoms with Gasteiger partial charge in [0.05, 0.1) is 7.11 Å². The topological polar surface area (TPSA) is 49.7 Å². The van der Waals surface area contributed by atoms with Crippen LogP contribution in [0.4, 0.5) is 0 Å². The highest BCUT2D eigenvalue weighted by Crippen LogP contribution is 2.21. The van der Waals surface area contributed by atoms with Crippen molar-refractivity contribution in [2.45, 2.75) is 6.10 Å². The second-order valence-corrected chi connectivity index (χ2v) is 4.14. The fraction of sp³-hybridized carbons (Fsp3) is 0.125. The van der Waals surface area contributed by atoms with Gasteiger partial charge in [-0.25, -0.2) is 0 Å². The molecule has 2 rings (SSSR count). The molecule has 3 nitrogen and oxygen atoms in total. The molecule has 0 radical (unpaired) electrons. The fourth-order valence-corrected chi connectivity index (χ4v) is 1.75. The summed E-state index contributed by atoms with van der Waals surface area (Å²) in [4.78, 5) is 0. The fourth-order valence-electron chi connectivity index (χ4n) is 1.75. The summed E-state index contributed by atoms with van der Waals surface area (Å²) in [5.74, 6) is 0.788. The van der Waals surface area contributed by atoms with Crippen LogP contribution in [0.15, 0.2) is 60.7 Å². The molecule has 0 bridgehead atoms. The largest absolute Gasteiger partial charge is 0.508 e. The third-order valence-corrected chi connectivity index (χ3v) is 2.84. The molecule has 0 heterocycles. The number of hydrogen-bond donors (Lipinski definition) is 2. The Hall–Kier alpha value is -2.26. The Balaban J connectivity index is 2.17. The van der Waals surface area contributed by atoms with E-state index < -0.39 is 6.10 Å². The van der Waals surface area contributed by atoms with Crippen molar-refractivity contribution in [3.8, 4) is 5.75 Å². The van der Waals surface area contributed by atoms with Gasteiger partial charge in [0.2, 0.25) is 0 Å². The van der Waals surface area contributed by atoms with Gasteiger partial charge in [-0.15, -0.1) is 0 Å². The molecule has 2 aromatic rings. The second kappa shape index (κ2) is 6.07. The van der Waals surface area contributed by atoms with Crippen LogP contribution in [0.1, 0.15) is 17.2 Å². The van der Waals surface area contributed by atoms with Crippen molar-refractivity contribution in [3.05, 3.63) is 71.8 Å². The highest BCUT2D eigenvalue weighted by atomic mass is 16.5. The van der Waals surface area contributed by atoms with E-state index in [1.165, 1.54) is 6.08 Å². The molecule has 2 aromatic carbocycles. The lowest BCUT2D eigenvalue weighted by atomic mass is 10.1. The highest BCUT2D eigenvalue weighted by Gasteiger charge is 2.07. The Kier molecular flexibility index (Phi) is 4.21. The predicted molar refractivity (Wildman–Crippen MR) is 75.0 cm³/mol. The molecule has 2 N–H and O–H groups in total. The minimum atomic E-state index is -0.855. The molecule has 98 valence electrons. The van der Waals surface area contributed by atoms with E-state index in [9.17, 15) is 10.2 Å². The monoisotopic (exact) mass is 256 g/mol. The minimum Gasteiger partial charge on any atom is -0.508 e. The second-order valence-electron chi connectivity index (χ2n) is 4.14. The quantitative estimate of drug-likeness (QED) is 0.825. The average Bonchev–Trinajstić information content (AvgIpc) is 2.48. The Labute approximate surface area is 112 Å². The summed E-state index contributed by atoms with van der Waals surface area (Å²) in [6, 6.07) is 16.2. The molecule has 0 aliphatic rings. The lowest BCUT2D eigenvalue weighted by Gasteiger charge is -2.08. The number of benzene rings is 2. The molecule has 0 aliphatic heterocycles. The summed E-state index contributed by atoms with van der Waals surface area (Å²) in [5, 5.41) is 20.0. The van der Waals surface area contributed by atoms with Crippen LogP contribution in [-0.4, -0.2) is 17.3 Å². The molecule has 0 aliphatic carbocycles. The smallest absolute Gasteiger partial charge is 0.121 e. The summed E-state index contributed by atoms with van der Waals surface area (Å²) >= 11 is 0. The standard InChI is InChI=1S/C16H16O3/c1-19-14-9-7-13(8-10-14)16(18)11-15(17)12-5-3-2-4-6-12/h2-11,16-18H,1H3/b15-11-. The Morgan fingerprint density at radius 2 is 1.68 bits per heavy atom. The average molecular weight is 256 g/mol. The van der Waals surface area contributed by atoms with Crippen LogP contribution in [0.25, 0.3) is 5.76 Å².